The van der Waals surface area contributed by atoms with E-state index in [0.29, 0.717) is 19.4 Å². The number of nitrogens with one attached hydrogen (secondary N) is 1. The molecule has 1 aliphatic rings. The number of amides is 1. The van der Waals surface area contributed by atoms with E-state index in [4.69, 9.17) is 5.11 Å². The molecule has 0 spiro atoms. The van der Waals surface area contributed by atoms with E-state index < -0.39 is 11.4 Å². The summed E-state index contributed by atoms with van der Waals surface area (Å²) in [5, 5.41) is 11.7. The van der Waals surface area contributed by atoms with Crippen molar-refractivity contribution in [3.63, 3.8) is 0 Å². The standard InChI is InChI=1S/C13H14BrNO3/c1-8-2-3-10(14)6-9(8)7-15-11(16)13(4-5-13)12(17)18/h2-3,6H,4-5,7H2,1H3,(H,15,16)(H,17,18). The average molecular weight is 312 g/mol. The minimum absolute atomic E-state index is 0.360. The van der Waals surface area contributed by atoms with Crippen molar-refractivity contribution < 1.29 is 14.7 Å². The molecule has 96 valence electrons. The van der Waals surface area contributed by atoms with Crippen molar-refractivity contribution in [2.75, 3.05) is 0 Å². The van der Waals surface area contributed by atoms with Crippen LogP contribution in [0.5, 0.6) is 0 Å². The first-order valence-corrected chi connectivity index (χ1v) is 6.52. The summed E-state index contributed by atoms with van der Waals surface area (Å²) in [4.78, 5) is 22.8. The second-order valence-electron chi connectivity index (χ2n) is 4.64. The van der Waals surface area contributed by atoms with Gasteiger partial charge in [-0.05, 0) is 43.0 Å². The maximum Gasteiger partial charge on any atom is 0.319 e. The first-order chi connectivity index (χ1) is 8.45. The van der Waals surface area contributed by atoms with Crippen LogP contribution >= 0.6 is 15.9 Å². The van der Waals surface area contributed by atoms with Gasteiger partial charge in [0.1, 0.15) is 5.41 Å². The van der Waals surface area contributed by atoms with Crippen molar-refractivity contribution in [3.8, 4) is 0 Å². The molecule has 1 aromatic rings. The summed E-state index contributed by atoms with van der Waals surface area (Å²) in [6.45, 7) is 2.32. The quantitative estimate of drug-likeness (QED) is 0.838. The zero-order valence-electron chi connectivity index (χ0n) is 10.00. The van der Waals surface area contributed by atoms with Crippen LogP contribution in [0.25, 0.3) is 0 Å². The van der Waals surface area contributed by atoms with Crippen molar-refractivity contribution in [2.24, 2.45) is 5.41 Å². The highest BCUT2D eigenvalue weighted by Gasteiger charge is 2.56. The molecule has 1 aromatic carbocycles. The number of carbonyl (C=O) groups is 2. The van der Waals surface area contributed by atoms with Crippen molar-refractivity contribution in [3.05, 3.63) is 33.8 Å². The smallest absolute Gasteiger partial charge is 0.319 e. The topological polar surface area (TPSA) is 66.4 Å². The molecule has 0 aromatic heterocycles. The van der Waals surface area contributed by atoms with Crippen LogP contribution in [0, 0.1) is 12.3 Å². The van der Waals surface area contributed by atoms with Gasteiger partial charge in [0, 0.05) is 11.0 Å². The normalized spacial score (nSPS) is 16.1. The number of halogens is 1. The van der Waals surface area contributed by atoms with Gasteiger partial charge in [-0.15, -0.1) is 0 Å². The third-order valence-corrected chi connectivity index (χ3v) is 3.84. The van der Waals surface area contributed by atoms with Gasteiger partial charge in [-0.25, -0.2) is 0 Å². The van der Waals surface area contributed by atoms with Crippen LogP contribution < -0.4 is 5.32 Å². The summed E-state index contributed by atoms with van der Waals surface area (Å²) in [6.07, 6.45) is 0.872. The number of aliphatic carboxylic acids is 1. The van der Waals surface area contributed by atoms with Crippen molar-refractivity contribution in [2.45, 2.75) is 26.3 Å². The maximum atomic E-state index is 11.8. The second-order valence-corrected chi connectivity index (χ2v) is 5.56. The Labute approximate surface area is 114 Å². The fourth-order valence-corrected chi connectivity index (χ4v) is 2.25. The number of rotatable bonds is 4. The Morgan fingerprint density at radius 3 is 2.67 bits per heavy atom. The van der Waals surface area contributed by atoms with Crippen LogP contribution in [0.1, 0.15) is 24.0 Å². The summed E-state index contributed by atoms with van der Waals surface area (Å²) in [6, 6.07) is 5.81. The molecule has 1 saturated carbocycles. The van der Waals surface area contributed by atoms with Crippen molar-refractivity contribution in [1.29, 1.82) is 0 Å². The second kappa shape index (κ2) is 4.72. The summed E-state index contributed by atoms with van der Waals surface area (Å²) in [5.74, 6) is -1.40. The summed E-state index contributed by atoms with van der Waals surface area (Å²) in [7, 11) is 0. The van der Waals surface area contributed by atoms with Gasteiger partial charge in [-0.2, -0.15) is 0 Å². The fourth-order valence-electron chi connectivity index (χ4n) is 1.84. The Morgan fingerprint density at radius 1 is 1.44 bits per heavy atom. The number of carboxylic acids is 1. The number of hydrogen-bond donors (Lipinski definition) is 2. The number of aryl methyl sites for hydroxylation is 1. The monoisotopic (exact) mass is 311 g/mol. The fraction of sp³-hybridized carbons (Fsp3) is 0.385. The molecule has 1 amide bonds. The van der Waals surface area contributed by atoms with Gasteiger partial charge >= 0.3 is 5.97 Å². The molecular weight excluding hydrogens is 298 g/mol. The van der Waals surface area contributed by atoms with Crippen LogP contribution in [-0.2, 0) is 16.1 Å². The van der Waals surface area contributed by atoms with Crippen LogP contribution in [0.2, 0.25) is 0 Å². The van der Waals surface area contributed by atoms with Crippen LogP contribution in [0.4, 0.5) is 0 Å². The Morgan fingerprint density at radius 2 is 2.11 bits per heavy atom. The lowest BCUT2D eigenvalue weighted by Crippen LogP contribution is -2.36. The van der Waals surface area contributed by atoms with Crippen LogP contribution in [-0.4, -0.2) is 17.0 Å². The zero-order valence-corrected chi connectivity index (χ0v) is 11.6. The lowest BCUT2D eigenvalue weighted by molar-refractivity contribution is -0.149. The first kappa shape index (κ1) is 13.1. The highest BCUT2D eigenvalue weighted by Crippen LogP contribution is 2.46. The van der Waals surface area contributed by atoms with Gasteiger partial charge in [-0.3, -0.25) is 9.59 Å². The number of hydrogen-bond acceptors (Lipinski definition) is 2. The van der Waals surface area contributed by atoms with E-state index in [2.05, 4.69) is 21.2 Å². The predicted molar refractivity (Wildman–Crippen MR) is 70.0 cm³/mol. The van der Waals surface area contributed by atoms with E-state index in [0.717, 1.165) is 15.6 Å². The van der Waals surface area contributed by atoms with E-state index >= 15 is 0 Å². The molecule has 18 heavy (non-hydrogen) atoms. The van der Waals surface area contributed by atoms with Gasteiger partial charge in [0.2, 0.25) is 5.91 Å². The minimum Gasteiger partial charge on any atom is -0.480 e. The molecule has 2 N–H and O–H groups in total. The number of carbonyl (C=O) groups excluding carboxylic acids is 1. The highest BCUT2D eigenvalue weighted by atomic mass is 79.9. The molecule has 1 fully saturated rings. The van der Waals surface area contributed by atoms with Crippen LogP contribution in [0.3, 0.4) is 0 Å². The molecule has 0 saturated heterocycles. The lowest BCUT2D eigenvalue weighted by Gasteiger charge is -2.12. The van der Waals surface area contributed by atoms with E-state index in [-0.39, 0.29) is 5.91 Å². The van der Waals surface area contributed by atoms with Gasteiger partial charge in [0.25, 0.3) is 0 Å². The Hall–Kier alpha value is -1.36. The molecule has 2 rings (SSSR count). The van der Waals surface area contributed by atoms with E-state index in [1.807, 2.05) is 25.1 Å². The number of benzene rings is 1. The zero-order chi connectivity index (χ0) is 13.3. The summed E-state index contributed by atoms with van der Waals surface area (Å²) in [5.41, 5.74) is 0.887. The maximum absolute atomic E-state index is 11.8. The summed E-state index contributed by atoms with van der Waals surface area (Å²) < 4.78 is 0.941. The molecule has 1 aliphatic carbocycles. The van der Waals surface area contributed by atoms with Gasteiger partial charge in [-0.1, -0.05) is 22.0 Å². The van der Waals surface area contributed by atoms with Crippen LogP contribution in [0.15, 0.2) is 22.7 Å². The third kappa shape index (κ3) is 2.41. The highest BCUT2D eigenvalue weighted by molar-refractivity contribution is 9.10. The third-order valence-electron chi connectivity index (χ3n) is 3.34. The average Bonchev–Trinajstić information content (AvgIpc) is 3.11. The molecule has 0 heterocycles. The molecule has 4 nitrogen and oxygen atoms in total. The predicted octanol–water partition coefficient (Wildman–Crippen LogP) is 2.24. The molecule has 0 unspecified atom stereocenters. The molecular formula is C13H14BrNO3. The van der Waals surface area contributed by atoms with E-state index in [9.17, 15) is 9.59 Å². The van der Waals surface area contributed by atoms with Crippen molar-refractivity contribution >= 4 is 27.8 Å². The van der Waals surface area contributed by atoms with Gasteiger partial charge < -0.3 is 10.4 Å². The lowest BCUT2D eigenvalue weighted by atomic mass is 10.1. The van der Waals surface area contributed by atoms with Gasteiger partial charge in [0.05, 0.1) is 0 Å². The Balaban J connectivity index is 2.02. The molecule has 0 atom stereocenters. The Kier molecular flexibility index (Phi) is 3.43. The molecule has 5 heteroatoms. The van der Waals surface area contributed by atoms with Gasteiger partial charge in [0.15, 0.2) is 0 Å². The minimum atomic E-state index is -1.17. The first-order valence-electron chi connectivity index (χ1n) is 5.72. The largest absolute Gasteiger partial charge is 0.480 e. The SMILES string of the molecule is Cc1ccc(Br)cc1CNC(=O)C1(C(=O)O)CC1. The molecule has 0 radical (unpaired) electrons. The van der Waals surface area contributed by atoms with Crippen molar-refractivity contribution in [1.82, 2.24) is 5.32 Å². The molecule has 0 aliphatic heterocycles. The summed E-state index contributed by atoms with van der Waals surface area (Å²) >= 11 is 3.37. The Bertz CT molecular complexity index is 509. The van der Waals surface area contributed by atoms with E-state index in [1.165, 1.54) is 0 Å². The van der Waals surface area contributed by atoms with E-state index in [1.54, 1.807) is 0 Å². The molecule has 0 bridgehead atoms. The number of carboxylic acid groups (broad SMARTS) is 1.